The maximum Gasteiger partial charge on any atom is 0.269 e. The van der Waals surface area contributed by atoms with Gasteiger partial charge in [-0.3, -0.25) is 10.1 Å². The van der Waals surface area contributed by atoms with Gasteiger partial charge in [-0.2, -0.15) is 9.90 Å². The SMILES string of the molecule is O=[N+]([O-])c1cccc(Cn2nc(Br)c(C3CC3)n2)c1. The lowest BCUT2D eigenvalue weighted by atomic mass is 10.2. The van der Waals surface area contributed by atoms with Crippen LogP contribution < -0.4 is 0 Å². The molecule has 1 aromatic carbocycles. The Morgan fingerprint density at radius 1 is 1.42 bits per heavy atom. The summed E-state index contributed by atoms with van der Waals surface area (Å²) in [5, 5.41) is 19.4. The zero-order chi connectivity index (χ0) is 13.4. The Morgan fingerprint density at radius 2 is 2.21 bits per heavy atom. The molecule has 1 heterocycles. The van der Waals surface area contributed by atoms with E-state index in [1.807, 2.05) is 6.07 Å². The second kappa shape index (κ2) is 4.73. The first-order valence-corrected chi connectivity index (χ1v) is 6.76. The summed E-state index contributed by atoms with van der Waals surface area (Å²) in [7, 11) is 0. The van der Waals surface area contributed by atoms with Crippen LogP contribution in [0.5, 0.6) is 0 Å². The minimum Gasteiger partial charge on any atom is -0.258 e. The molecule has 0 radical (unpaired) electrons. The topological polar surface area (TPSA) is 73.8 Å². The highest BCUT2D eigenvalue weighted by Gasteiger charge is 2.29. The highest BCUT2D eigenvalue weighted by molar-refractivity contribution is 9.10. The monoisotopic (exact) mass is 322 g/mol. The Morgan fingerprint density at radius 3 is 2.89 bits per heavy atom. The molecular formula is C12H11BrN4O2. The molecule has 1 fully saturated rings. The molecule has 2 aromatic rings. The van der Waals surface area contributed by atoms with Crippen molar-refractivity contribution in [3.05, 3.63) is 50.2 Å². The van der Waals surface area contributed by atoms with Gasteiger partial charge in [0.15, 0.2) is 4.60 Å². The van der Waals surface area contributed by atoms with Gasteiger partial charge in [0, 0.05) is 18.1 Å². The average molecular weight is 323 g/mol. The molecule has 0 saturated heterocycles. The van der Waals surface area contributed by atoms with Crippen LogP contribution in [0.3, 0.4) is 0 Å². The molecule has 7 heteroatoms. The zero-order valence-electron chi connectivity index (χ0n) is 9.99. The summed E-state index contributed by atoms with van der Waals surface area (Å²) in [5.74, 6) is 0.522. The van der Waals surface area contributed by atoms with E-state index in [2.05, 4.69) is 26.1 Å². The van der Waals surface area contributed by atoms with E-state index < -0.39 is 4.92 Å². The lowest BCUT2D eigenvalue weighted by Gasteiger charge is -2.00. The number of rotatable bonds is 4. The maximum absolute atomic E-state index is 10.7. The summed E-state index contributed by atoms with van der Waals surface area (Å²) in [5.41, 5.74) is 1.90. The Hall–Kier alpha value is -1.76. The van der Waals surface area contributed by atoms with E-state index in [9.17, 15) is 10.1 Å². The van der Waals surface area contributed by atoms with Gasteiger partial charge < -0.3 is 0 Å². The van der Waals surface area contributed by atoms with E-state index in [4.69, 9.17) is 0 Å². The summed E-state index contributed by atoms with van der Waals surface area (Å²) >= 11 is 3.41. The molecule has 6 nitrogen and oxygen atoms in total. The first-order valence-electron chi connectivity index (χ1n) is 5.97. The van der Waals surface area contributed by atoms with E-state index in [0.717, 1.165) is 28.7 Å². The number of nitrogens with zero attached hydrogens (tertiary/aromatic N) is 4. The van der Waals surface area contributed by atoms with Crippen molar-refractivity contribution in [1.29, 1.82) is 0 Å². The molecule has 0 aliphatic heterocycles. The highest BCUT2D eigenvalue weighted by atomic mass is 79.9. The van der Waals surface area contributed by atoms with Crippen molar-refractivity contribution < 1.29 is 4.92 Å². The maximum atomic E-state index is 10.7. The van der Waals surface area contributed by atoms with Crippen LogP contribution in [0, 0.1) is 10.1 Å². The second-order valence-corrected chi connectivity index (χ2v) is 5.36. The third-order valence-electron chi connectivity index (χ3n) is 3.05. The van der Waals surface area contributed by atoms with Crippen LogP contribution in [0.1, 0.15) is 30.0 Å². The normalized spacial score (nSPS) is 14.6. The molecule has 1 saturated carbocycles. The fraction of sp³-hybridized carbons (Fsp3) is 0.333. The van der Waals surface area contributed by atoms with Crippen molar-refractivity contribution in [2.45, 2.75) is 25.3 Å². The van der Waals surface area contributed by atoms with E-state index >= 15 is 0 Å². The van der Waals surface area contributed by atoms with Gasteiger partial charge in [0.2, 0.25) is 0 Å². The number of aromatic nitrogens is 3. The predicted molar refractivity (Wildman–Crippen MR) is 71.9 cm³/mol. The summed E-state index contributed by atoms with van der Waals surface area (Å²) < 4.78 is 0.778. The molecule has 0 bridgehead atoms. The van der Waals surface area contributed by atoms with Gasteiger partial charge in [0.25, 0.3) is 5.69 Å². The number of non-ortho nitro benzene ring substituents is 1. The number of halogens is 1. The summed E-state index contributed by atoms with van der Waals surface area (Å²) in [6.07, 6.45) is 2.32. The molecule has 0 unspecified atom stereocenters. The van der Waals surface area contributed by atoms with Crippen molar-refractivity contribution in [3.63, 3.8) is 0 Å². The van der Waals surface area contributed by atoms with Crippen molar-refractivity contribution in [1.82, 2.24) is 15.0 Å². The van der Waals surface area contributed by atoms with Crippen molar-refractivity contribution in [2.75, 3.05) is 0 Å². The lowest BCUT2D eigenvalue weighted by Crippen LogP contribution is -2.04. The van der Waals surface area contributed by atoms with E-state index in [1.54, 1.807) is 16.9 Å². The molecule has 98 valence electrons. The highest BCUT2D eigenvalue weighted by Crippen LogP contribution is 2.41. The second-order valence-electron chi connectivity index (χ2n) is 4.61. The summed E-state index contributed by atoms with van der Waals surface area (Å²) in [6.45, 7) is 0.438. The number of hydrogen-bond acceptors (Lipinski definition) is 4. The molecule has 1 aliphatic rings. The third-order valence-corrected chi connectivity index (χ3v) is 3.61. The minimum atomic E-state index is -0.397. The number of nitro benzene ring substituents is 1. The fourth-order valence-corrected chi connectivity index (χ4v) is 2.54. The van der Waals surface area contributed by atoms with Gasteiger partial charge in [-0.15, -0.1) is 5.10 Å². The molecule has 1 aromatic heterocycles. The minimum absolute atomic E-state index is 0.0890. The molecular weight excluding hydrogens is 312 g/mol. The molecule has 1 aliphatic carbocycles. The summed E-state index contributed by atoms with van der Waals surface area (Å²) in [6, 6.07) is 6.54. The van der Waals surface area contributed by atoms with Gasteiger partial charge in [-0.25, -0.2) is 0 Å². The third kappa shape index (κ3) is 2.65. The van der Waals surface area contributed by atoms with Gasteiger partial charge in [0.1, 0.15) is 5.69 Å². The molecule has 0 atom stereocenters. The number of hydrogen-bond donors (Lipinski definition) is 0. The van der Waals surface area contributed by atoms with Gasteiger partial charge in [0.05, 0.1) is 11.5 Å². The zero-order valence-corrected chi connectivity index (χ0v) is 11.6. The molecule has 0 spiro atoms. The van der Waals surface area contributed by atoms with Crippen molar-refractivity contribution >= 4 is 21.6 Å². The number of benzene rings is 1. The van der Waals surface area contributed by atoms with Crippen LogP contribution >= 0.6 is 15.9 Å². The predicted octanol–water partition coefficient (Wildman–Crippen LogP) is 2.87. The Balaban J connectivity index is 1.82. The van der Waals surface area contributed by atoms with Gasteiger partial charge in [-0.05, 0) is 34.3 Å². The van der Waals surface area contributed by atoms with Crippen LogP contribution in [-0.4, -0.2) is 19.9 Å². The first-order chi connectivity index (χ1) is 9.13. The fourth-order valence-electron chi connectivity index (χ4n) is 1.95. The van der Waals surface area contributed by atoms with Gasteiger partial charge in [-0.1, -0.05) is 12.1 Å². The van der Waals surface area contributed by atoms with Gasteiger partial charge >= 0.3 is 0 Å². The summed E-state index contributed by atoms with van der Waals surface area (Å²) in [4.78, 5) is 11.9. The van der Waals surface area contributed by atoms with Crippen LogP contribution in [0.2, 0.25) is 0 Å². The molecule has 0 amide bonds. The first kappa shape index (κ1) is 12.3. The number of nitro groups is 1. The molecule has 3 rings (SSSR count). The quantitative estimate of drug-likeness (QED) is 0.640. The lowest BCUT2D eigenvalue weighted by molar-refractivity contribution is -0.384. The Labute approximate surface area is 117 Å². The van der Waals surface area contributed by atoms with E-state index in [0.29, 0.717) is 12.5 Å². The Bertz CT molecular complexity index is 636. The standard InChI is InChI=1S/C12H11BrN4O2/c13-12-11(9-4-5-9)14-16(15-12)7-8-2-1-3-10(6-8)17(18)19/h1-3,6,9H,4-5,7H2. The van der Waals surface area contributed by atoms with Crippen LogP contribution in [-0.2, 0) is 6.54 Å². The largest absolute Gasteiger partial charge is 0.269 e. The van der Waals surface area contributed by atoms with Crippen LogP contribution in [0.15, 0.2) is 28.9 Å². The average Bonchev–Trinajstić information content (AvgIpc) is 3.15. The van der Waals surface area contributed by atoms with Crippen molar-refractivity contribution in [2.24, 2.45) is 0 Å². The van der Waals surface area contributed by atoms with Crippen molar-refractivity contribution in [3.8, 4) is 0 Å². The molecule has 19 heavy (non-hydrogen) atoms. The Kier molecular flexibility index (Phi) is 3.06. The van der Waals surface area contributed by atoms with E-state index in [-0.39, 0.29) is 5.69 Å². The van der Waals surface area contributed by atoms with Crippen LogP contribution in [0.4, 0.5) is 5.69 Å². The molecule has 0 N–H and O–H groups in total. The smallest absolute Gasteiger partial charge is 0.258 e. The van der Waals surface area contributed by atoms with Crippen LogP contribution in [0.25, 0.3) is 0 Å². The van der Waals surface area contributed by atoms with E-state index in [1.165, 1.54) is 6.07 Å².